The fraction of sp³-hybridized carbons (Fsp3) is 0.0769. The van der Waals surface area contributed by atoms with Crippen LogP contribution in [-0.4, -0.2) is 0 Å². The van der Waals surface area contributed by atoms with E-state index in [2.05, 4.69) is 5.92 Å². The molecule has 2 heteroatoms. The number of thiophene rings is 1. The van der Waals surface area contributed by atoms with E-state index < -0.39 is 0 Å². The van der Waals surface area contributed by atoms with Gasteiger partial charge in [-0.05, 0) is 37.3 Å². The Bertz CT molecular complexity index is 532. The molecule has 1 heterocycles. The fourth-order valence-corrected chi connectivity index (χ4v) is 2.27. The molecular formula is C13H9FS. The van der Waals surface area contributed by atoms with Crippen molar-refractivity contribution >= 4 is 11.3 Å². The van der Waals surface area contributed by atoms with Crippen molar-refractivity contribution < 1.29 is 4.39 Å². The predicted octanol–water partition coefficient (Wildman–Crippen LogP) is 3.84. The molecule has 1 aromatic carbocycles. The van der Waals surface area contributed by atoms with Gasteiger partial charge in [-0.3, -0.25) is 0 Å². The van der Waals surface area contributed by atoms with Gasteiger partial charge in [0.2, 0.25) is 0 Å². The van der Waals surface area contributed by atoms with Crippen molar-refractivity contribution in [3.05, 3.63) is 46.6 Å². The summed E-state index contributed by atoms with van der Waals surface area (Å²) in [6.45, 7) is 2.00. The molecule has 0 saturated heterocycles. The van der Waals surface area contributed by atoms with Crippen molar-refractivity contribution in [3.63, 3.8) is 0 Å². The summed E-state index contributed by atoms with van der Waals surface area (Å²) in [5.41, 5.74) is 1.29. The summed E-state index contributed by atoms with van der Waals surface area (Å²) >= 11 is 1.57. The first-order chi connectivity index (χ1) is 7.20. The zero-order valence-electron chi connectivity index (χ0n) is 8.25. The SMILES string of the molecule is C#Cc1ccc(F)c(-c2ccc(C)s2)c1. The van der Waals surface area contributed by atoms with E-state index in [-0.39, 0.29) is 5.82 Å². The number of hydrogen-bond acceptors (Lipinski definition) is 1. The van der Waals surface area contributed by atoms with Crippen LogP contribution in [0.25, 0.3) is 10.4 Å². The van der Waals surface area contributed by atoms with Gasteiger partial charge >= 0.3 is 0 Å². The monoisotopic (exact) mass is 216 g/mol. The molecule has 0 aliphatic rings. The third-order valence-electron chi connectivity index (χ3n) is 2.14. The molecule has 2 aromatic rings. The Balaban J connectivity index is 2.57. The van der Waals surface area contributed by atoms with Crippen LogP contribution in [-0.2, 0) is 0 Å². The molecule has 0 aliphatic carbocycles. The molecule has 0 nitrogen and oxygen atoms in total. The lowest BCUT2D eigenvalue weighted by Gasteiger charge is -2.00. The van der Waals surface area contributed by atoms with E-state index in [9.17, 15) is 4.39 Å². The van der Waals surface area contributed by atoms with Crippen molar-refractivity contribution in [2.24, 2.45) is 0 Å². The number of halogens is 1. The summed E-state index contributed by atoms with van der Waals surface area (Å²) in [4.78, 5) is 2.08. The first kappa shape index (κ1) is 9.95. The van der Waals surface area contributed by atoms with Gasteiger partial charge in [0.25, 0.3) is 0 Å². The molecule has 15 heavy (non-hydrogen) atoms. The highest BCUT2D eigenvalue weighted by molar-refractivity contribution is 7.15. The van der Waals surface area contributed by atoms with Gasteiger partial charge < -0.3 is 0 Å². The van der Waals surface area contributed by atoms with Gasteiger partial charge in [0.1, 0.15) is 5.82 Å². The van der Waals surface area contributed by atoms with Crippen LogP contribution >= 0.6 is 11.3 Å². The van der Waals surface area contributed by atoms with E-state index >= 15 is 0 Å². The molecule has 0 fully saturated rings. The standard InChI is InChI=1S/C13H9FS/c1-3-10-5-6-12(14)11(8-10)13-7-4-9(2)15-13/h1,4-8H,2H3. The highest BCUT2D eigenvalue weighted by atomic mass is 32.1. The summed E-state index contributed by atoms with van der Waals surface area (Å²) in [5, 5.41) is 0. The van der Waals surface area contributed by atoms with Crippen molar-refractivity contribution in [3.8, 4) is 22.8 Å². The average Bonchev–Trinajstić information content (AvgIpc) is 2.65. The van der Waals surface area contributed by atoms with Crippen molar-refractivity contribution in [2.45, 2.75) is 6.92 Å². The average molecular weight is 216 g/mol. The Morgan fingerprint density at radius 1 is 1.27 bits per heavy atom. The Hall–Kier alpha value is -1.59. The van der Waals surface area contributed by atoms with Crippen LogP contribution in [0.2, 0.25) is 0 Å². The van der Waals surface area contributed by atoms with Crippen molar-refractivity contribution in [1.29, 1.82) is 0 Å². The Kier molecular flexibility index (Phi) is 2.57. The maximum Gasteiger partial charge on any atom is 0.131 e. The largest absolute Gasteiger partial charge is 0.206 e. The Morgan fingerprint density at radius 2 is 2.07 bits per heavy atom. The smallest absolute Gasteiger partial charge is 0.131 e. The van der Waals surface area contributed by atoms with E-state index in [1.165, 1.54) is 6.07 Å². The second-order valence-electron chi connectivity index (χ2n) is 3.25. The number of terminal acetylenes is 1. The van der Waals surface area contributed by atoms with Gasteiger partial charge in [-0.2, -0.15) is 0 Å². The Labute approximate surface area is 92.4 Å². The van der Waals surface area contributed by atoms with Crippen molar-refractivity contribution in [2.75, 3.05) is 0 Å². The minimum atomic E-state index is -0.226. The van der Waals surface area contributed by atoms with Crippen LogP contribution in [0.15, 0.2) is 30.3 Å². The lowest BCUT2D eigenvalue weighted by molar-refractivity contribution is 0.631. The van der Waals surface area contributed by atoms with Gasteiger partial charge in [-0.25, -0.2) is 4.39 Å². The van der Waals surface area contributed by atoms with Gasteiger partial charge in [-0.1, -0.05) is 5.92 Å². The zero-order chi connectivity index (χ0) is 10.8. The lowest BCUT2D eigenvalue weighted by atomic mass is 10.1. The molecule has 0 radical (unpaired) electrons. The summed E-state index contributed by atoms with van der Waals surface area (Å²) in [7, 11) is 0. The molecule has 1 aromatic heterocycles. The highest BCUT2D eigenvalue weighted by Gasteiger charge is 2.07. The van der Waals surface area contributed by atoms with E-state index in [1.807, 2.05) is 19.1 Å². The normalized spacial score (nSPS) is 9.93. The van der Waals surface area contributed by atoms with Gasteiger partial charge in [0.05, 0.1) is 0 Å². The Morgan fingerprint density at radius 3 is 2.67 bits per heavy atom. The topological polar surface area (TPSA) is 0 Å². The van der Waals surface area contributed by atoms with E-state index in [0.717, 1.165) is 9.75 Å². The fourth-order valence-electron chi connectivity index (χ4n) is 1.38. The minimum Gasteiger partial charge on any atom is -0.206 e. The molecule has 0 atom stereocenters. The quantitative estimate of drug-likeness (QED) is 0.635. The molecule has 0 spiro atoms. The molecule has 74 valence electrons. The first-order valence-electron chi connectivity index (χ1n) is 4.53. The number of benzene rings is 1. The predicted molar refractivity (Wildman–Crippen MR) is 62.4 cm³/mol. The first-order valence-corrected chi connectivity index (χ1v) is 5.35. The van der Waals surface area contributed by atoms with Crippen LogP contribution < -0.4 is 0 Å². The van der Waals surface area contributed by atoms with Gasteiger partial charge in [0.15, 0.2) is 0 Å². The number of hydrogen-bond donors (Lipinski definition) is 0. The minimum absolute atomic E-state index is 0.226. The summed E-state index contributed by atoms with van der Waals surface area (Å²) < 4.78 is 13.5. The molecule has 0 saturated carbocycles. The molecule has 0 aliphatic heterocycles. The third kappa shape index (κ3) is 1.93. The van der Waals surface area contributed by atoms with Crippen LogP contribution in [0.1, 0.15) is 10.4 Å². The van der Waals surface area contributed by atoms with Gasteiger partial charge in [0, 0.05) is 20.9 Å². The van der Waals surface area contributed by atoms with E-state index in [0.29, 0.717) is 11.1 Å². The third-order valence-corrected chi connectivity index (χ3v) is 3.17. The molecule has 0 unspecified atom stereocenters. The maximum atomic E-state index is 13.5. The maximum absolute atomic E-state index is 13.5. The van der Waals surface area contributed by atoms with Crippen LogP contribution in [0.5, 0.6) is 0 Å². The molecule has 2 rings (SSSR count). The van der Waals surface area contributed by atoms with E-state index in [4.69, 9.17) is 6.42 Å². The lowest BCUT2D eigenvalue weighted by Crippen LogP contribution is -1.83. The second-order valence-corrected chi connectivity index (χ2v) is 4.54. The summed E-state index contributed by atoms with van der Waals surface area (Å²) in [6.07, 6.45) is 5.28. The second kappa shape index (κ2) is 3.88. The molecule has 0 N–H and O–H groups in total. The molecule has 0 amide bonds. The van der Waals surface area contributed by atoms with Crippen LogP contribution in [0, 0.1) is 25.1 Å². The molecule has 0 bridgehead atoms. The van der Waals surface area contributed by atoms with Crippen LogP contribution in [0.4, 0.5) is 4.39 Å². The van der Waals surface area contributed by atoms with Gasteiger partial charge in [-0.15, -0.1) is 17.8 Å². The van der Waals surface area contributed by atoms with Crippen LogP contribution in [0.3, 0.4) is 0 Å². The highest BCUT2D eigenvalue weighted by Crippen LogP contribution is 2.30. The van der Waals surface area contributed by atoms with Crippen molar-refractivity contribution in [1.82, 2.24) is 0 Å². The summed E-state index contributed by atoms with van der Waals surface area (Å²) in [6, 6.07) is 8.63. The summed E-state index contributed by atoms with van der Waals surface area (Å²) in [5.74, 6) is 2.28. The zero-order valence-corrected chi connectivity index (χ0v) is 9.07. The number of aryl methyl sites for hydroxylation is 1. The number of rotatable bonds is 1. The van der Waals surface area contributed by atoms with E-state index in [1.54, 1.807) is 23.5 Å². The molecular weight excluding hydrogens is 207 g/mol.